The van der Waals surface area contributed by atoms with Gasteiger partial charge in [0.25, 0.3) is 0 Å². The number of hydrogen-bond acceptors (Lipinski definition) is 5. The van der Waals surface area contributed by atoms with Crippen LogP contribution in [0.3, 0.4) is 0 Å². The van der Waals surface area contributed by atoms with Gasteiger partial charge in [0.15, 0.2) is 0 Å². The van der Waals surface area contributed by atoms with E-state index in [1.807, 2.05) is 0 Å². The lowest BCUT2D eigenvalue weighted by Crippen LogP contribution is -2.43. The number of nitrogens with one attached hydrogen (secondary N) is 1. The van der Waals surface area contributed by atoms with E-state index in [4.69, 9.17) is 9.47 Å². The van der Waals surface area contributed by atoms with Gasteiger partial charge in [-0.05, 0) is 24.3 Å². The quantitative estimate of drug-likeness (QED) is 0.751. The molecule has 1 aliphatic rings. The molecule has 0 bridgehead atoms. The number of ether oxygens (including phenoxy) is 2. The average Bonchev–Trinajstić information content (AvgIpc) is 3.18. The molecule has 8 nitrogen and oxygen atoms in total. The monoisotopic (exact) mass is 411 g/mol. The van der Waals surface area contributed by atoms with Crippen molar-refractivity contribution in [1.29, 1.82) is 0 Å². The number of anilines is 2. The first-order valence-corrected chi connectivity index (χ1v) is 9.57. The molecule has 2 aromatic carbocycles. The molecular weight excluding hydrogens is 386 g/mol. The van der Waals surface area contributed by atoms with Crippen LogP contribution in [0.25, 0.3) is 0 Å². The van der Waals surface area contributed by atoms with E-state index in [2.05, 4.69) is 5.32 Å². The zero-order valence-electron chi connectivity index (χ0n) is 17.3. The third-order valence-electron chi connectivity index (χ3n) is 5.05. The first kappa shape index (κ1) is 21.2. The number of amides is 3. The van der Waals surface area contributed by atoms with Gasteiger partial charge in [0.05, 0.1) is 20.1 Å². The fourth-order valence-corrected chi connectivity index (χ4v) is 3.42. The second kappa shape index (κ2) is 9.30. The molecule has 0 saturated carbocycles. The minimum atomic E-state index is -0.570. The lowest BCUT2D eigenvalue weighted by Gasteiger charge is -2.25. The molecule has 1 fully saturated rings. The largest absolute Gasteiger partial charge is 0.497 e. The summed E-state index contributed by atoms with van der Waals surface area (Å²) in [6.07, 6.45) is 0.0737. The molecule has 0 aromatic heterocycles. The van der Waals surface area contributed by atoms with Crippen molar-refractivity contribution in [2.24, 2.45) is 5.92 Å². The Kier molecular flexibility index (Phi) is 6.56. The Labute approximate surface area is 175 Å². The molecule has 30 heavy (non-hydrogen) atoms. The first-order chi connectivity index (χ1) is 14.5. The van der Waals surface area contributed by atoms with Gasteiger partial charge in [0.1, 0.15) is 18.0 Å². The number of hydrogen-bond donors (Lipinski definition) is 1. The predicted molar refractivity (Wildman–Crippen MR) is 113 cm³/mol. The number of likely N-dealkylation sites (N-methyl/N-ethyl adjacent to an activating group) is 1. The molecule has 0 radical (unpaired) electrons. The molecule has 0 aliphatic carbocycles. The van der Waals surface area contributed by atoms with E-state index in [-0.39, 0.29) is 37.2 Å². The van der Waals surface area contributed by atoms with Crippen LogP contribution < -0.4 is 24.6 Å². The minimum Gasteiger partial charge on any atom is -0.497 e. The number of benzene rings is 2. The maximum Gasteiger partial charge on any atom is 0.239 e. The molecule has 3 amide bonds. The van der Waals surface area contributed by atoms with Gasteiger partial charge in [-0.25, -0.2) is 0 Å². The number of carbonyl (C=O) groups is 3. The zero-order chi connectivity index (χ0) is 21.7. The lowest BCUT2D eigenvalue weighted by molar-refractivity contribution is -0.126. The van der Waals surface area contributed by atoms with E-state index in [1.54, 1.807) is 60.5 Å². The summed E-state index contributed by atoms with van der Waals surface area (Å²) >= 11 is 0. The van der Waals surface area contributed by atoms with Gasteiger partial charge in [-0.15, -0.1) is 0 Å². The van der Waals surface area contributed by atoms with Crippen LogP contribution >= 0.6 is 0 Å². The van der Waals surface area contributed by atoms with Gasteiger partial charge in [0, 0.05) is 43.5 Å². The second-order valence-electron chi connectivity index (χ2n) is 6.91. The first-order valence-electron chi connectivity index (χ1n) is 9.57. The van der Waals surface area contributed by atoms with Crippen molar-refractivity contribution < 1.29 is 23.9 Å². The maximum atomic E-state index is 13.3. The summed E-state index contributed by atoms with van der Waals surface area (Å²) in [5.41, 5.74) is 1.21. The molecule has 158 valence electrons. The van der Waals surface area contributed by atoms with Crippen LogP contribution in [0.4, 0.5) is 11.4 Å². The smallest absolute Gasteiger partial charge is 0.239 e. The molecule has 1 atom stereocenters. The summed E-state index contributed by atoms with van der Waals surface area (Å²) in [5, 5.41) is 2.54. The van der Waals surface area contributed by atoms with Crippen LogP contribution in [-0.4, -0.2) is 52.1 Å². The summed E-state index contributed by atoms with van der Waals surface area (Å²) in [6.45, 7) is 0.0887. The summed E-state index contributed by atoms with van der Waals surface area (Å²) in [4.78, 5) is 41.0. The topological polar surface area (TPSA) is 88.2 Å². The number of nitrogens with zero attached hydrogens (tertiary/aromatic N) is 2. The Balaban J connectivity index is 1.85. The van der Waals surface area contributed by atoms with Gasteiger partial charge in [-0.2, -0.15) is 0 Å². The van der Waals surface area contributed by atoms with Gasteiger partial charge in [0.2, 0.25) is 17.7 Å². The van der Waals surface area contributed by atoms with Crippen molar-refractivity contribution in [3.05, 3.63) is 48.5 Å². The molecule has 1 heterocycles. The number of rotatable bonds is 7. The third-order valence-corrected chi connectivity index (χ3v) is 5.05. The molecule has 8 heteroatoms. The van der Waals surface area contributed by atoms with Crippen molar-refractivity contribution in [3.8, 4) is 11.5 Å². The Bertz CT molecular complexity index is 946. The highest BCUT2D eigenvalue weighted by Gasteiger charge is 2.38. The van der Waals surface area contributed by atoms with Gasteiger partial charge in [-0.3, -0.25) is 14.4 Å². The van der Waals surface area contributed by atoms with E-state index in [1.165, 1.54) is 19.1 Å². The Morgan fingerprint density at radius 3 is 2.43 bits per heavy atom. The zero-order valence-corrected chi connectivity index (χ0v) is 17.3. The Morgan fingerprint density at radius 2 is 1.77 bits per heavy atom. The maximum absolute atomic E-state index is 13.3. The average molecular weight is 411 g/mol. The van der Waals surface area contributed by atoms with Crippen LogP contribution in [0.1, 0.15) is 6.42 Å². The minimum absolute atomic E-state index is 0.0737. The predicted octanol–water partition coefficient (Wildman–Crippen LogP) is 1.84. The number of methoxy groups -OCH3 is 2. The molecule has 1 saturated heterocycles. The van der Waals surface area contributed by atoms with Crippen molar-refractivity contribution in [2.45, 2.75) is 6.42 Å². The summed E-state index contributed by atoms with van der Waals surface area (Å²) < 4.78 is 10.5. The van der Waals surface area contributed by atoms with Crippen molar-refractivity contribution >= 4 is 29.1 Å². The van der Waals surface area contributed by atoms with Crippen LogP contribution in [0, 0.1) is 5.92 Å². The highest BCUT2D eigenvalue weighted by Crippen LogP contribution is 2.30. The SMILES string of the molecule is CNC(=O)CN(C(=O)C1CC(=O)N(c2cccc(OC)c2)C1)c1cccc(OC)c1. The molecule has 1 aliphatic heterocycles. The van der Waals surface area contributed by atoms with Crippen molar-refractivity contribution in [1.82, 2.24) is 5.32 Å². The fraction of sp³-hybridized carbons (Fsp3) is 0.318. The van der Waals surface area contributed by atoms with E-state index < -0.39 is 5.92 Å². The number of carbonyl (C=O) groups excluding carboxylic acids is 3. The Morgan fingerprint density at radius 1 is 1.10 bits per heavy atom. The van der Waals surface area contributed by atoms with E-state index in [0.717, 1.165) is 0 Å². The second-order valence-corrected chi connectivity index (χ2v) is 6.91. The molecule has 1 unspecified atom stereocenters. The molecule has 1 N–H and O–H groups in total. The normalized spacial score (nSPS) is 15.6. The molecule has 2 aromatic rings. The van der Waals surface area contributed by atoms with E-state index in [9.17, 15) is 14.4 Å². The summed E-state index contributed by atoms with van der Waals surface area (Å²) in [6, 6.07) is 14.1. The van der Waals surface area contributed by atoms with Crippen molar-refractivity contribution in [2.75, 3.05) is 44.2 Å². The highest BCUT2D eigenvalue weighted by atomic mass is 16.5. The van der Waals surface area contributed by atoms with Gasteiger partial charge < -0.3 is 24.6 Å². The molecule has 0 spiro atoms. The van der Waals surface area contributed by atoms with E-state index >= 15 is 0 Å². The summed E-state index contributed by atoms with van der Waals surface area (Å²) in [7, 11) is 4.61. The molecule has 3 rings (SSSR count). The van der Waals surface area contributed by atoms with Gasteiger partial charge in [-0.1, -0.05) is 12.1 Å². The van der Waals surface area contributed by atoms with Crippen LogP contribution in [0.15, 0.2) is 48.5 Å². The van der Waals surface area contributed by atoms with Crippen molar-refractivity contribution in [3.63, 3.8) is 0 Å². The molecular formula is C22H25N3O5. The standard InChI is InChI=1S/C22H25N3O5/c1-23-20(26)14-25(17-7-5-9-19(12-17)30-3)22(28)15-10-21(27)24(13-15)16-6-4-8-18(11-16)29-2/h4-9,11-12,15H,10,13-14H2,1-3H3,(H,23,26). The van der Waals surface area contributed by atoms with Crippen LogP contribution in [0.2, 0.25) is 0 Å². The Hall–Kier alpha value is -3.55. The van der Waals surface area contributed by atoms with Crippen LogP contribution in [0.5, 0.6) is 11.5 Å². The third kappa shape index (κ3) is 4.53. The van der Waals surface area contributed by atoms with Crippen LogP contribution in [-0.2, 0) is 14.4 Å². The summed E-state index contributed by atoms with van der Waals surface area (Å²) in [5.74, 6) is -0.104. The fourth-order valence-electron chi connectivity index (χ4n) is 3.42. The lowest BCUT2D eigenvalue weighted by atomic mass is 10.1. The van der Waals surface area contributed by atoms with E-state index in [0.29, 0.717) is 22.9 Å². The van der Waals surface area contributed by atoms with Gasteiger partial charge >= 0.3 is 0 Å². The highest BCUT2D eigenvalue weighted by molar-refractivity contribution is 6.06.